The fourth-order valence-corrected chi connectivity index (χ4v) is 3.76. The van der Waals surface area contributed by atoms with Crippen molar-refractivity contribution in [3.05, 3.63) is 0 Å². The van der Waals surface area contributed by atoms with Crippen molar-refractivity contribution in [1.29, 1.82) is 0 Å². The van der Waals surface area contributed by atoms with Crippen molar-refractivity contribution < 1.29 is 15.3 Å². The molecule has 0 saturated heterocycles. The normalized spacial score (nSPS) is 21.9. The minimum Gasteiger partial charge on any atom is -0.402 e. The Morgan fingerprint density at radius 1 is 1.04 bits per heavy atom. The van der Waals surface area contributed by atoms with Gasteiger partial charge < -0.3 is 21.1 Å². The molecule has 6 atom stereocenters. The summed E-state index contributed by atoms with van der Waals surface area (Å²) in [6.45, 7) is 13.1. The predicted molar refractivity (Wildman–Crippen MR) is 107 cm³/mol. The number of rotatable bonds is 13. The van der Waals surface area contributed by atoms with Gasteiger partial charge in [-0.15, -0.1) is 0 Å². The summed E-state index contributed by atoms with van der Waals surface area (Å²) in [5.41, 5.74) is 6.04. The quantitative estimate of drug-likeness (QED) is 0.384. The van der Waals surface area contributed by atoms with Gasteiger partial charge in [-0.2, -0.15) is 0 Å². The molecule has 0 aliphatic carbocycles. The molecule has 0 rings (SSSR count). The van der Waals surface area contributed by atoms with Crippen LogP contribution >= 0.6 is 0 Å². The largest absolute Gasteiger partial charge is 0.402 e. The zero-order valence-electron chi connectivity index (χ0n) is 16.9. The van der Waals surface area contributed by atoms with E-state index in [2.05, 4.69) is 34.6 Å². The lowest BCUT2D eigenvalue weighted by atomic mass is 9.38. The van der Waals surface area contributed by atoms with E-state index in [4.69, 9.17) is 5.73 Å². The van der Waals surface area contributed by atoms with E-state index >= 15 is 0 Å². The maximum absolute atomic E-state index is 10.3. The van der Waals surface area contributed by atoms with Crippen molar-refractivity contribution in [2.75, 3.05) is 6.54 Å². The summed E-state index contributed by atoms with van der Waals surface area (Å²) < 4.78 is 0. The van der Waals surface area contributed by atoms with E-state index in [0.29, 0.717) is 32.5 Å². The van der Waals surface area contributed by atoms with Gasteiger partial charge in [0.1, 0.15) is 7.28 Å². The summed E-state index contributed by atoms with van der Waals surface area (Å²) in [4.78, 5) is 0. The first-order valence-corrected chi connectivity index (χ1v) is 9.77. The Hall–Kier alpha value is -0.0301. The van der Waals surface area contributed by atoms with Crippen molar-refractivity contribution in [3.8, 4) is 0 Å². The number of nitrogens with two attached hydrogens (primary N) is 1. The highest BCUT2D eigenvalue weighted by molar-refractivity contribution is 6.46. The van der Waals surface area contributed by atoms with Crippen LogP contribution in [0.25, 0.3) is 0 Å². The lowest BCUT2D eigenvalue weighted by Gasteiger charge is -2.47. The number of hydrogen-bond donors (Lipinski definition) is 4. The van der Waals surface area contributed by atoms with Crippen LogP contribution in [0.3, 0.4) is 0 Å². The third-order valence-corrected chi connectivity index (χ3v) is 6.38. The predicted octanol–water partition coefficient (Wildman–Crippen LogP) is 1.68. The minimum absolute atomic E-state index is 0.0645. The Morgan fingerprint density at radius 3 is 2.04 bits per heavy atom. The summed E-state index contributed by atoms with van der Waals surface area (Å²) in [5, 5.41) is 30.2. The Morgan fingerprint density at radius 2 is 1.62 bits per heavy atom. The fourth-order valence-electron chi connectivity index (χ4n) is 3.76. The summed E-state index contributed by atoms with van der Waals surface area (Å²) in [6, 6.07) is -0.934. The molecule has 4 nitrogen and oxygen atoms in total. The minimum atomic E-state index is -0.498. The molecule has 0 spiro atoms. The van der Waals surface area contributed by atoms with Gasteiger partial charge in [0.25, 0.3) is 0 Å². The molecular weight excluding hydrogens is 300 g/mol. The first-order chi connectivity index (χ1) is 11.0. The van der Waals surface area contributed by atoms with Gasteiger partial charge in [0.05, 0.1) is 6.10 Å². The number of aliphatic hydroxyl groups is 3. The van der Waals surface area contributed by atoms with Gasteiger partial charge >= 0.3 is 0 Å². The summed E-state index contributed by atoms with van der Waals surface area (Å²) in [5.74, 6) is 0.482. The second kappa shape index (κ2) is 10.8. The second-order valence-electron chi connectivity index (χ2n) is 8.56. The van der Waals surface area contributed by atoms with Crippen molar-refractivity contribution in [1.82, 2.24) is 0 Å². The van der Waals surface area contributed by atoms with E-state index in [-0.39, 0.29) is 16.8 Å². The van der Waals surface area contributed by atoms with Crippen LogP contribution in [0.5, 0.6) is 0 Å². The lowest BCUT2D eigenvalue weighted by molar-refractivity contribution is 0.0877. The van der Waals surface area contributed by atoms with Crippen LogP contribution in [-0.4, -0.2) is 54.5 Å². The molecule has 0 saturated carbocycles. The Balaban J connectivity index is 4.70. The molecule has 24 heavy (non-hydrogen) atoms. The van der Waals surface area contributed by atoms with Crippen LogP contribution in [0.1, 0.15) is 67.2 Å². The van der Waals surface area contributed by atoms with Crippen LogP contribution < -0.4 is 5.73 Å². The van der Waals surface area contributed by atoms with Gasteiger partial charge in [-0.05, 0) is 43.0 Å². The molecule has 0 aromatic rings. The molecule has 0 heterocycles. The standard InChI is InChI=1S/C18H41B2NO3/c1-7-13(3)9-15(23)20-16(24)11-19-18(6,12-21)17(5,8-2)10-14(4)22/h13-16,19-20,22-24H,7-12,21H2,1-6H3. The Labute approximate surface area is 151 Å². The SMILES string of the molecule is CCC(C)CC(O)BC(O)CBC(C)(CN)C(C)(CC)CC(C)O. The molecule has 5 N–H and O–H groups in total. The van der Waals surface area contributed by atoms with E-state index in [1.54, 1.807) is 0 Å². The topological polar surface area (TPSA) is 86.7 Å². The first-order valence-electron chi connectivity index (χ1n) is 9.77. The smallest absolute Gasteiger partial charge is 0.191 e. The molecular formula is C18H41B2NO3. The van der Waals surface area contributed by atoms with Crippen LogP contribution in [0.4, 0.5) is 0 Å². The molecule has 0 bridgehead atoms. The van der Waals surface area contributed by atoms with Gasteiger partial charge in [0, 0.05) is 12.0 Å². The summed E-state index contributed by atoms with van der Waals surface area (Å²) >= 11 is 0. The van der Waals surface area contributed by atoms with Crippen molar-refractivity contribution in [2.45, 2.75) is 97.0 Å². The zero-order chi connectivity index (χ0) is 19.0. The molecule has 0 aromatic carbocycles. The fraction of sp³-hybridized carbons (Fsp3) is 1.00. The monoisotopic (exact) mass is 341 g/mol. The van der Waals surface area contributed by atoms with Crippen molar-refractivity contribution in [3.63, 3.8) is 0 Å². The highest BCUT2D eigenvalue weighted by Gasteiger charge is 2.43. The molecule has 0 aliphatic heterocycles. The van der Waals surface area contributed by atoms with Crippen LogP contribution in [0.15, 0.2) is 0 Å². The Bertz CT molecular complexity index is 346. The molecule has 0 aliphatic rings. The van der Waals surface area contributed by atoms with E-state index in [9.17, 15) is 15.3 Å². The zero-order valence-corrected chi connectivity index (χ0v) is 16.9. The molecule has 0 radical (unpaired) electrons. The van der Waals surface area contributed by atoms with E-state index < -0.39 is 12.0 Å². The van der Waals surface area contributed by atoms with E-state index in [1.807, 2.05) is 6.92 Å². The van der Waals surface area contributed by atoms with Crippen LogP contribution in [-0.2, 0) is 0 Å². The summed E-state index contributed by atoms with van der Waals surface area (Å²) in [6.07, 6.45) is 3.73. The highest BCUT2D eigenvalue weighted by atomic mass is 16.3. The number of hydrogen-bond acceptors (Lipinski definition) is 4. The molecule has 6 unspecified atom stereocenters. The summed E-state index contributed by atoms with van der Waals surface area (Å²) in [7, 11) is 1.24. The van der Waals surface area contributed by atoms with Gasteiger partial charge in [-0.1, -0.05) is 53.8 Å². The average molecular weight is 341 g/mol. The van der Waals surface area contributed by atoms with E-state index in [1.165, 1.54) is 0 Å². The third kappa shape index (κ3) is 7.47. The van der Waals surface area contributed by atoms with Crippen LogP contribution in [0.2, 0.25) is 11.6 Å². The van der Waals surface area contributed by atoms with E-state index in [0.717, 1.165) is 26.5 Å². The average Bonchev–Trinajstić information content (AvgIpc) is 2.51. The van der Waals surface area contributed by atoms with Crippen molar-refractivity contribution >= 4 is 14.6 Å². The third-order valence-electron chi connectivity index (χ3n) is 6.38. The van der Waals surface area contributed by atoms with Gasteiger partial charge in [-0.25, -0.2) is 0 Å². The van der Waals surface area contributed by atoms with Gasteiger partial charge in [0.2, 0.25) is 0 Å². The Kier molecular flexibility index (Phi) is 10.8. The molecule has 142 valence electrons. The molecule has 6 heteroatoms. The maximum Gasteiger partial charge on any atom is 0.191 e. The lowest BCUT2D eigenvalue weighted by Crippen LogP contribution is -2.44. The second-order valence-corrected chi connectivity index (χ2v) is 8.56. The molecule has 0 fully saturated rings. The highest BCUT2D eigenvalue weighted by Crippen LogP contribution is 2.50. The van der Waals surface area contributed by atoms with Gasteiger partial charge in [0.15, 0.2) is 7.28 Å². The molecule has 0 aromatic heterocycles. The van der Waals surface area contributed by atoms with Crippen LogP contribution in [0, 0.1) is 11.3 Å². The first kappa shape index (κ1) is 24.0. The number of aliphatic hydroxyl groups excluding tert-OH is 3. The van der Waals surface area contributed by atoms with Gasteiger partial charge in [-0.3, -0.25) is 0 Å². The van der Waals surface area contributed by atoms with Crippen molar-refractivity contribution in [2.24, 2.45) is 17.1 Å². The molecule has 0 amide bonds. The maximum atomic E-state index is 10.3.